The molecule has 1 fully saturated rings. The summed E-state index contributed by atoms with van der Waals surface area (Å²) in [6, 6.07) is 0.579. The Morgan fingerprint density at radius 1 is 1.70 bits per heavy atom. The van der Waals surface area contributed by atoms with Gasteiger partial charge >= 0.3 is 0 Å². The second kappa shape index (κ2) is 3.56. The monoisotopic (exact) mass is 143 g/mol. The molecule has 0 spiro atoms. The average molecular weight is 143 g/mol. The van der Waals surface area contributed by atoms with Crippen molar-refractivity contribution in [1.29, 1.82) is 0 Å². The first kappa shape index (κ1) is 7.54. The molecule has 1 saturated carbocycles. The zero-order valence-electron chi connectivity index (χ0n) is 6.17. The van der Waals surface area contributed by atoms with Gasteiger partial charge in [0.2, 0.25) is 0 Å². The zero-order valence-corrected chi connectivity index (χ0v) is 6.17. The van der Waals surface area contributed by atoms with Crippen molar-refractivity contribution in [2.24, 2.45) is 0 Å². The number of hydrogen-bond donors (Lipinski definition) is 1. The zero-order chi connectivity index (χ0) is 7.40. The van der Waals surface area contributed by atoms with Crippen LogP contribution in [0.25, 0.3) is 0 Å². The van der Waals surface area contributed by atoms with E-state index in [2.05, 4.69) is 10.1 Å². The molecular weight excluding hydrogens is 130 g/mol. The van der Waals surface area contributed by atoms with Crippen LogP contribution in [0.2, 0.25) is 0 Å². The molecule has 10 heavy (non-hydrogen) atoms. The highest BCUT2D eigenvalue weighted by Crippen LogP contribution is 2.18. The van der Waals surface area contributed by atoms with Crippen LogP contribution in [0.5, 0.6) is 0 Å². The third-order valence-electron chi connectivity index (χ3n) is 1.84. The van der Waals surface area contributed by atoms with Gasteiger partial charge in [0.25, 0.3) is 6.47 Å². The number of ether oxygens (including phenoxy) is 1. The van der Waals surface area contributed by atoms with Crippen molar-refractivity contribution in [1.82, 2.24) is 5.32 Å². The van der Waals surface area contributed by atoms with Crippen LogP contribution in [0, 0.1) is 0 Å². The summed E-state index contributed by atoms with van der Waals surface area (Å²) >= 11 is 0. The molecule has 1 rings (SSSR count). The smallest absolute Gasteiger partial charge is 0.294 e. The molecule has 0 aromatic rings. The Hall–Kier alpha value is -0.570. The predicted molar refractivity (Wildman–Crippen MR) is 37.4 cm³/mol. The van der Waals surface area contributed by atoms with E-state index < -0.39 is 0 Å². The van der Waals surface area contributed by atoms with Gasteiger partial charge in [-0.3, -0.25) is 10.1 Å². The fourth-order valence-electron chi connectivity index (χ4n) is 1.03. The molecule has 1 atom stereocenters. The minimum Gasteiger partial charge on any atom is -0.449 e. The number of carbonyl (C=O) groups is 1. The fraction of sp³-hybridized carbons (Fsp3) is 0.857. The van der Waals surface area contributed by atoms with E-state index in [-0.39, 0.29) is 6.23 Å². The van der Waals surface area contributed by atoms with E-state index >= 15 is 0 Å². The molecule has 58 valence electrons. The Balaban J connectivity index is 2.04. The van der Waals surface area contributed by atoms with Crippen LogP contribution in [0.1, 0.15) is 26.2 Å². The Bertz CT molecular complexity index is 112. The standard InChI is InChI=1S/C7H13NO2/c1-6(10-5-9)8-7-3-2-4-7/h5-8H,2-4H2,1H3. The van der Waals surface area contributed by atoms with Crippen molar-refractivity contribution >= 4 is 6.47 Å². The second-order valence-corrected chi connectivity index (χ2v) is 2.67. The summed E-state index contributed by atoms with van der Waals surface area (Å²) in [5.74, 6) is 0. The van der Waals surface area contributed by atoms with Crippen LogP contribution in [0.4, 0.5) is 0 Å². The number of carbonyl (C=O) groups excluding carboxylic acids is 1. The highest BCUT2D eigenvalue weighted by Gasteiger charge is 2.18. The largest absolute Gasteiger partial charge is 0.449 e. The maximum absolute atomic E-state index is 9.84. The first-order valence-electron chi connectivity index (χ1n) is 3.68. The van der Waals surface area contributed by atoms with Gasteiger partial charge in [-0.1, -0.05) is 6.42 Å². The van der Waals surface area contributed by atoms with Gasteiger partial charge in [0.15, 0.2) is 0 Å². The molecule has 0 amide bonds. The summed E-state index contributed by atoms with van der Waals surface area (Å²) < 4.78 is 4.66. The predicted octanol–water partition coefficient (Wildman–Crippen LogP) is 0.647. The van der Waals surface area contributed by atoms with Gasteiger partial charge in [-0.05, 0) is 19.8 Å². The molecule has 0 bridgehead atoms. The van der Waals surface area contributed by atoms with Gasteiger partial charge < -0.3 is 4.74 Å². The van der Waals surface area contributed by atoms with Crippen LogP contribution in [-0.2, 0) is 9.53 Å². The Morgan fingerprint density at radius 2 is 2.40 bits per heavy atom. The van der Waals surface area contributed by atoms with Crippen LogP contribution in [0.15, 0.2) is 0 Å². The Kier molecular flexibility index (Phi) is 2.68. The highest BCUT2D eigenvalue weighted by molar-refractivity contribution is 5.37. The van der Waals surface area contributed by atoms with E-state index in [4.69, 9.17) is 0 Å². The lowest BCUT2D eigenvalue weighted by Crippen LogP contribution is -2.41. The lowest BCUT2D eigenvalue weighted by atomic mass is 9.93. The highest BCUT2D eigenvalue weighted by atomic mass is 16.5. The van der Waals surface area contributed by atoms with Crippen LogP contribution >= 0.6 is 0 Å². The van der Waals surface area contributed by atoms with Crippen LogP contribution in [-0.4, -0.2) is 18.7 Å². The Morgan fingerprint density at radius 3 is 2.80 bits per heavy atom. The molecule has 3 heteroatoms. The molecule has 0 heterocycles. The van der Waals surface area contributed by atoms with Crippen molar-refractivity contribution < 1.29 is 9.53 Å². The third kappa shape index (κ3) is 1.99. The Labute approximate surface area is 60.7 Å². The van der Waals surface area contributed by atoms with E-state index in [0.29, 0.717) is 12.5 Å². The molecule has 1 unspecified atom stereocenters. The maximum atomic E-state index is 9.84. The minimum atomic E-state index is -0.122. The molecule has 0 aliphatic heterocycles. The number of rotatable bonds is 4. The lowest BCUT2D eigenvalue weighted by Gasteiger charge is -2.28. The third-order valence-corrected chi connectivity index (χ3v) is 1.84. The van der Waals surface area contributed by atoms with Crippen LogP contribution < -0.4 is 5.32 Å². The molecule has 0 aromatic carbocycles. The molecule has 0 saturated heterocycles. The van der Waals surface area contributed by atoms with Crippen molar-refractivity contribution in [2.75, 3.05) is 0 Å². The molecule has 0 aromatic heterocycles. The molecule has 3 nitrogen and oxygen atoms in total. The summed E-state index contributed by atoms with van der Waals surface area (Å²) in [7, 11) is 0. The van der Waals surface area contributed by atoms with Gasteiger partial charge in [-0.25, -0.2) is 0 Å². The van der Waals surface area contributed by atoms with E-state index in [0.717, 1.165) is 0 Å². The van der Waals surface area contributed by atoms with Crippen molar-refractivity contribution in [3.8, 4) is 0 Å². The van der Waals surface area contributed by atoms with E-state index in [1.54, 1.807) is 0 Å². The topological polar surface area (TPSA) is 38.3 Å². The molecule has 1 N–H and O–H groups in total. The first-order chi connectivity index (χ1) is 4.83. The summed E-state index contributed by atoms with van der Waals surface area (Å²) in [6.07, 6.45) is 3.60. The van der Waals surface area contributed by atoms with Crippen molar-refractivity contribution in [3.05, 3.63) is 0 Å². The van der Waals surface area contributed by atoms with Gasteiger partial charge in [0.05, 0.1) is 0 Å². The van der Waals surface area contributed by atoms with Gasteiger partial charge in [0.1, 0.15) is 6.23 Å². The quantitative estimate of drug-likeness (QED) is 0.464. The number of nitrogens with one attached hydrogen (secondary N) is 1. The molecule has 1 aliphatic carbocycles. The van der Waals surface area contributed by atoms with Gasteiger partial charge in [-0.15, -0.1) is 0 Å². The fourth-order valence-corrected chi connectivity index (χ4v) is 1.03. The molecular formula is C7H13NO2. The normalized spacial score (nSPS) is 21.3. The van der Waals surface area contributed by atoms with Gasteiger partial charge in [-0.2, -0.15) is 0 Å². The van der Waals surface area contributed by atoms with Crippen LogP contribution in [0.3, 0.4) is 0 Å². The summed E-state index contributed by atoms with van der Waals surface area (Å²) in [6.45, 7) is 2.32. The van der Waals surface area contributed by atoms with E-state index in [9.17, 15) is 4.79 Å². The maximum Gasteiger partial charge on any atom is 0.294 e. The summed E-state index contributed by atoms with van der Waals surface area (Å²) in [5.41, 5.74) is 0. The van der Waals surface area contributed by atoms with E-state index in [1.165, 1.54) is 19.3 Å². The molecule has 1 aliphatic rings. The lowest BCUT2D eigenvalue weighted by molar-refractivity contribution is -0.134. The second-order valence-electron chi connectivity index (χ2n) is 2.67. The number of hydrogen-bond acceptors (Lipinski definition) is 3. The van der Waals surface area contributed by atoms with E-state index in [1.807, 2.05) is 6.92 Å². The summed E-state index contributed by atoms with van der Waals surface area (Å²) in [4.78, 5) is 9.84. The van der Waals surface area contributed by atoms with Crippen molar-refractivity contribution in [2.45, 2.75) is 38.5 Å². The first-order valence-corrected chi connectivity index (χ1v) is 3.68. The molecule has 0 radical (unpaired) electrons. The van der Waals surface area contributed by atoms with Gasteiger partial charge in [0, 0.05) is 6.04 Å². The minimum absolute atomic E-state index is 0.122. The van der Waals surface area contributed by atoms with Crippen molar-refractivity contribution in [3.63, 3.8) is 0 Å². The average Bonchev–Trinajstić information content (AvgIpc) is 1.80. The summed E-state index contributed by atoms with van der Waals surface area (Å²) in [5, 5.41) is 3.16. The SMILES string of the molecule is CC(NC1CCC1)OC=O.